The van der Waals surface area contributed by atoms with Crippen molar-refractivity contribution in [2.24, 2.45) is 0 Å². The van der Waals surface area contributed by atoms with Gasteiger partial charge in [-0.25, -0.2) is 4.39 Å². The van der Waals surface area contributed by atoms with Crippen LogP contribution in [0.15, 0.2) is 46.9 Å². The fourth-order valence-corrected chi connectivity index (χ4v) is 2.47. The minimum absolute atomic E-state index is 0.154. The van der Waals surface area contributed by atoms with Crippen molar-refractivity contribution in [1.82, 2.24) is 0 Å². The van der Waals surface area contributed by atoms with Gasteiger partial charge >= 0.3 is 0 Å². The molecule has 2 rings (SSSR count). The van der Waals surface area contributed by atoms with Crippen molar-refractivity contribution in [3.63, 3.8) is 0 Å². The van der Waals surface area contributed by atoms with Crippen molar-refractivity contribution < 1.29 is 9.18 Å². The van der Waals surface area contributed by atoms with Crippen LogP contribution in [-0.2, 0) is 6.42 Å². The number of hydrogen-bond donors (Lipinski definition) is 0. The average molecular weight is 321 g/mol. The van der Waals surface area contributed by atoms with Crippen LogP contribution in [-0.4, -0.2) is 5.78 Å². The minimum Gasteiger partial charge on any atom is -0.289 e. The van der Waals surface area contributed by atoms with E-state index in [0.29, 0.717) is 15.6 Å². The molecule has 0 aliphatic carbocycles. The number of rotatable bonds is 4. The lowest BCUT2D eigenvalue weighted by molar-refractivity contribution is 0.103. The summed E-state index contributed by atoms with van der Waals surface area (Å²) in [6.07, 6.45) is 1.97. The quantitative estimate of drug-likeness (QED) is 0.741. The standard InChI is InChI=1S/C16H14BrFO/c1-2-4-11-5-3-6-12(7-11)16(19)13-8-14(17)10-15(18)9-13/h3,5-10H,2,4H2,1H3. The predicted molar refractivity (Wildman–Crippen MR) is 78.0 cm³/mol. The summed E-state index contributed by atoms with van der Waals surface area (Å²) in [5.41, 5.74) is 2.09. The maximum absolute atomic E-state index is 13.3. The maximum Gasteiger partial charge on any atom is 0.193 e. The Morgan fingerprint density at radius 3 is 2.63 bits per heavy atom. The van der Waals surface area contributed by atoms with Gasteiger partial charge in [0.2, 0.25) is 0 Å². The summed E-state index contributed by atoms with van der Waals surface area (Å²) in [4.78, 5) is 12.3. The number of carbonyl (C=O) groups excluding carboxylic acids is 1. The molecule has 0 bridgehead atoms. The van der Waals surface area contributed by atoms with Gasteiger partial charge in [0.25, 0.3) is 0 Å². The monoisotopic (exact) mass is 320 g/mol. The fourth-order valence-electron chi connectivity index (χ4n) is 2.01. The zero-order valence-electron chi connectivity index (χ0n) is 10.6. The maximum atomic E-state index is 13.3. The normalized spacial score (nSPS) is 10.5. The molecule has 0 atom stereocenters. The van der Waals surface area contributed by atoms with Crippen molar-refractivity contribution in [2.45, 2.75) is 19.8 Å². The van der Waals surface area contributed by atoms with E-state index in [1.54, 1.807) is 12.1 Å². The molecule has 0 spiro atoms. The number of benzene rings is 2. The molecule has 0 heterocycles. The van der Waals surface area contributed by atoms with Crippen LogP contribution >= 0.6 is 15.9 Å². The van der Waals surface area contributed by atoms with Gasteiger partial charge in [-0.15, -0.1) is 0 Å². The first-order valence-electron chi connectivity index (χ1n) is 6.20. The summed E-state index contributed by atoms with van der Waals surface area (Å²) in [6.45, 7) is 2.10. The summed E-state index contributed by atoms with van der Waals surface area (Å²) in [5, 5.41) is 0. The van der Waals surface area contributed by atoms with E-state index >= 15 is 0 Å². The van der Waals surface area contributed by atoms with Crippen molar-refractivity contribution >= 4 is 21.7 Å². The van der Waals surface area contributed by atoms with Gasteiger partial charge in [-0.3, -0.25) is 4.79 Å². The van der Waals surface area contributed by atoms with Crippen LogP contribution in [0.4, 0.5) is 4.39 Å². The Morgan fingerprint density at radius 1 is 1.16 bits per heavy atom. The van der Waals surface area contributed by atoms with Gasteiger partial charge in [0.15, 0.2) is 5.78 Å². The SMILES string of the molecule is CCCc1cccc(C(=O)c2cc(F)cc(Br)c2)c1. The van der Waals surface area contributed by atoms with Crippen LogP contribution in [0.25, 0.3) is 0 Å². The lowest BCUT2D eigenvalue weighted by Crippen LogP contribution is -2.02. The minimum atomic E-state index is -0.414. The highest BCUT2D eigenvalue weighted by Crippen LogP contribution is 2.18. The van der Waals surface area contributed by atoms with Crippen LogP contribution < -0.4 is 0 Å². The largest absolute Gasteiger partial charge is 0.289 e. The highest BCUT2D eigenvalue weighted by Gasteiger charge is 2.11. The van der Waals surface area contributed by atoms with Gasteiger partial charge in [0.1, 0.15) is 5.82 Å². The van der Waals surface area contributed by atoms with E-state index in [1.165, 1.54) is 12.1 Å². The molecule has 98 valence electrons. The predicted octanol–water partition coefficient (Wildman–Crippen LogP) is 4.77. The Bertz CT molecular complexity index is 587. The summed E-state index contributed by atoms with van der Waals surface area (Å²) in [7, 11) is 0. The van der Waals surface area contributed by atoms with Gasteiger partial charge in [-0.2, -0.15) is 0 Å². The molecular weight excluding hydrogens is 307 g/mol. The van der Waals surface area contributed by atoms with Crippen molar-refractivity contribution in [2.75, 3.05) is 0 Å². The van der Waals surface area contributed by atoms with Crippen LogP contribution in [0.3, 0.4) is 0 Å². The van der Waals surface area contributed by atoms with E-state index in [4.69, 9.17) is 0 Å². The third-order valence-corrected chi connectivity index (χ3v) is 3.31. The molecule has 0 unspecified atom stereocenters. The lowest BCUT2D eigenvalue weighted by Gasteiger charge is -2.05. The first-order valence-corrected chi connectivity index (χ1v) is 6.99. The van der Waals surface area contributed by atoms with Crippen LogP contribution in [0, 0.1) is 5.82 Å². The molecule has 0 amide bonds. The molecule has 0 saturated heterocycles. The van der Waals surface area contributed by atoms with Crippen molar-refractivity contribution in [1.29, 1.82) is 0 Å². The third-order valence-electron chi connectivity index (χ3n) is 2.85. The fraction of sp³-hybridized carbons (Fsp3) is 0.188. The Labute approximate surface area is 120 Å². The lowest BCUT2D eigenvalue weighted by atomic mass is 10.00. The van der Waals surface area contributed by atoms with Crippen LogP contribution in [0.1, 0.15) is 34.8 Å². The first-order chi connectivity index (χ1) is 9.10. The molecule has 0 saturated carbocycles. The zero-order valence-corrected chi connectivity index (χ0v) is 12.2. The van der Waals surface area contributed by atoms with Crippen molar-refractivity contribution in [3.05, 3.63) is 69.4 Å². The molecule has 0 radical (unpaired) electrons. The number of carbonyl (C=O) groups is 1. The van der Waals surface area contributed by atoms with E-state index in [9.17, 15) is 9.18 Å². The van der Waals surface area contributed by atoms with Crippen LogP contribution in [0.2, 0.25) is 0 Å². The zero-order chi connectivity index (χ0) is 13.8. The van der Waals surface area contributed by atoms with E-state index in [-0.39, 0.29) is 5.78 Å². The molecule has 0 aliphatic rings. The third kappa shape index (κ3) is 3.51. The molecule has 1 nitrogen and oxygen atoms in total. The molecule has 0 aromatic heterocycles. The molecule has 2 aromatic carbocycles. The Kier molecular flexibility index (Phi) is 4.48. The second-order valence-electron chi connectivity index (χ2n) is 4.44. The Hall–Kier alpha value is -1.48. The van der Waals surface area contributed by atoms with Gasteiger partial charge in [-0.05, 0) is 36.2 Å². The molecule has 2 aromatic rings. The molecule has 3 heteroatoms. The second kappa shape index (κ2) is 6.11. The van der Waals surface area contributed by atoms with Gasteiger partial charge in [0.05, 0.1) is 0 Å². The summed E-state index contributed by atoms with van der Waals surface area (Å²) >= 11 is 3.20. The van der Waals surface area contributed by atoms with Gasteiger partial charge in [0, 0.05) is 15.6 Å². The highest BCUT2D eigenvalue weighted by molar-refractivity contribution is 9.10. The Morgan fingerprint density at radius 2 is 1.95 bits per heavy atom. The number of hydrogen-bond acceptors (Lipinski definition) is 1. The summed E-state index contributed by atoms with van der Waals surface area (Å²) < 4.78 is 13.9. The number of aryl methyl sites for hydroxylation is 1. The molecule has 19 heavy (non-hydrogen) atoms. The van der Waals surface area contributed by atoms with Gasteiger partial charge < -0.3 is 0 Å². The number of halogens is 2. The second-order valence-corrected chi connectivity index (χ2v) is 5.35. The van der Waals surface area contributed by atoms with E-state index in [0.717, 1.165) is 18.4 Å². The topological polar surface area (TPSA) is 17.1 Å². The van der Waals surface area contributed by atoms with Crippen molar-refractivity contribution in [3.8, 4) is 0 Å². The van der Waals surface area contributed by atoms with E-state index < -0.39 is 5.82 Å². The number of ketones is 1. The summed E-state index contributed by atoms with van der Waals surface area (Å²) in [6, 6.07) is 11.8. The molecule has 0 N–H and O–H groups in total. The molecule has 0 fully saturated rings. The van der Waals surface area contributed by atoms with E-state index in [1.807, 2.05) is 18.2 Å². The highest BCUT2D eigenvalue weighted by atomic mass is 79.9. The molecular formula is C16H14BrFO. The average Bonchev–Trinajstić information content (AvgIpc) is 2.37. The molecule has 0 aliphatic heterocycles. The Balaban J connectivity index is 2.35. The van der Waals surface area contributed by atoms with E-state index in [2.05, 4.69) is 22.9 Å². The summed E-state index contributed by atoms with van der Waals surface area (Å²) in [5.74, 6) is -0.569. The first kappa shape index (κ1) is 13.9. The smallest absolute Gasteiger partial charge is 0.193 e. The van der Waals surface area contributed by atoms with Crippen LogP contribution in [0.5, 0.6) is 0 Å². The van der Waals surface area contributed by atoms with Gasteiger partial charge in [-0.1, -0.05) is 47.5 Å².